The average Bonchev–Trinajstić information content (AvgIpc) is 2.38. The van der Waals surface area contributed by atoms with E-state index in [1.165, 1.54) is 0 Å². The van der Waals surface area contributed by atoms with E-state index >= 15 is 0 Å². The minimum absolute atomic E-state index is 0.333. The van der Waals surface area contributed by atoms with E-state index in [4.69, 9.17) is 10.5 Å². The van der Waals surface area contributed by atoms with Gasteiger partial charge in [-0.2, -0.15) is 0 Å². The summed E-state index contributed by atoms with van der Waals surface area (Å²) in [4.78, 5) is 6.51. The van der Waals surface area contributed by atoms with Gasteiger partial charge in [0, 0.05) is 32.9 Å². The lowest BCUT2D eigenvalue weighted by molar-refractivity contribution is 0.0893. The Morgan fingerprint density at radius 2 is 2.50 bits per heavy atom. The van der Waals surface area contributed by atoms with Crippen LogP contribution in [0.1, 0.15) is 18.4 Å². The summed E-state index contributed by atoms with van der Waals surface area (Å²) in [5, 5.41) is 0. The molecule has 1 atom stereocenters. The zero-order valence-corrected chi connectivity index (χ0v) is 9.72. The maximum Gasteiger partial charge on any atom is 0.0746 e. The minimum Gasteiger partial charge on any atom is -0.380 e. The van der Waals surface area contributed by atoms with Gasteiger partial charge in [0.05, 0.1) is 18.0 Å². The van der Waals surface area contributed by atoms with Gasteiger partial charge in [-0.05, 0) is 24.5 Å². The third-order valence-corrected chi connectivity index (χ3v) is 3.16. The number of hydrogen-bond acceptors (Lipinski definition) is 4. The first-order chi connectivity index (χ1) is 7.85. The van der Waals surface area contributed by atoms with Crippen molar-refractivity contribution >= 4 is 5.69 Å². The lowest BCUT2D eigenvalue weighted by atomic mass is 10.1. The van der Waals surface area contributed by atoms with Crippen molar-refractivity contribution in [2.75, 3.05) is 25.1 Å². The summed E-state index contributed by atoms with van der Waals surface area (Å²) in [5.74, 6) is 0. The first kappa shape index (κ1) is 11.4. The molecule has 1 aromatic rings. The van der Waals surface area contributed by atoms with Crippen LogP contribution in [0.25, 0.3) is 0 Å². The van der Waals surface area contributed by atoms with Gasteiger partial charge >= 0.3 is 0 Å². The Balaban J connectivity index is 2.16. The monoisotopic (exact) mass is 221 g/mol. The Kier molecular flexibility index (Phi) is 3.74. The van der Waals surface area contributed by atoms with Crippen molar-refractivity contribution in [2.24, 2.45) is 5.73 Å². The van der Waals surface area contributed by atoms with Gasteiger partial charge in [-0.3, -0.25) is 4.98 Å². The number of pyridine rings is 1. The Hall–Kier alpha value is -1.13. The number of nitrogens with two attached hydrogens (primary N) is 1. The van der Waals surface area contributed by atoms with Crippen LogP contribution < -0.4 is 10.6 Å². The molecule has 0 spiro atoms. The Morgan fingerprint density at radius 3 is 3.25 bits per heavy atom. The van der Waals surface area contributed by atoms with Gasteiger partial charge in [-0.25, -0.2) is 0 Å². The van der Waals surface area contributed by atoms with Crippen LogP contribution in [0.2, 0.25) is 0 Å². The summed E-state index contributed by atoms with van der Waals surface area (Å²) >= 11 is 0. The van der Waals surface area contributed by atoms with E-state index < -0.39 is 0 Å². The second kappa shape index (κ2) is 5.27. The lowest BCUT2D eigenvalue weighted by Crippen LogP contribution is -2.39. The second-order valence-corrected chi connectivity index (χ2v) is 4.15. The Labute approximate surface area is 96.4 Å². The standard InChI is InChI=1S/C12H19N3O/c1-16-11-3-2-6-15(9-11)12-8-14-5-4-10(12)7-13/h4-5,8,11H,2-3,6-7,9,13H2,1H3. The van der Waals surface area contributed by atoms with Gasteiger partial charge < -0.3 is 15.4 Å². The zero-order chi connectivity index (χ0) is 11.4. The molecule has 2 heterocycles. The van der Waals surface area contributed by atoms with Crippen molar-refractivity contribution in [1.82, 2.24) is 4.98 Å². The third kappa shape index (κ3) is 2.33. The molecule has 1 unspecified atom stereocenters. The van der Waals surface area contributed by atoms with Gasteiger partial charge in [0.1, 0.15) is 0 Å². The average molecular weight is 221 g/mol. The molecule has 4 heteroatoms. The minimum atomic E-state index is 0.333. The largest absolute Gasteiger partial charge is 0.380 e. The molecule has 1 aliphatic rings. The summed E-state index contributed by atoms with van der Waals surface area (Å²) in [6.07, 6.45) is 6.34. The molecule has 0 aliphatic carbocycles. The van der Waals surface area contributed by atoms with Crippen LogP contribution in [0.5, 0.6) is 0 Å². The van der Waals surface area contributed by atoms with E-state index in [-0.39, 0.29) is 0 Å². The number of nitrogens with zero attached hydrogens (tertiary/aromatic N) is 2. The molecule has 4 nitrogen and oxygen atoms in total. The van der Waals surface area contributed by atoms with Crippen LogP contribution in [0, 0.1) is 0 Å². The fourth-order valence-corrected chi connectivity index (χ4v) is 2.22. The quantitative estimate of drug-likeness (QED) is 0.832. The van der Waals surface area contributed by atoms with Crippen LogP contribution in [-0.4, -0.2) is 31.3 Å². The molecule has 0 radical (unpaired) electrons. The van der Waals surface area contributed by atoms with Crippen LogP contribution in [-0.2, 0) is 11.3 Å². The van der Waals surface area contributed by atoms with Crippen molar-refractivity contribution in [1.29, 1.82) is 0 Å². The number of ether oxygens (including phenoxy) is 1. The summed E-state index contributed by atoms with van der Waals surface area (Å²) in [6, 6.07) is 1.99. The molecule has 1 aromatic heterocycles. The van der Waals surface area contributed by atoms with E-state index in [9.17, 15) is 0 Å². The molecule has 0 amide bonds. The Bertz CT molecular complexity index is 343. The number of aromatic nitrogens is 1. The zero-order valence-electron chi connectivity index (χ0n) is 9.72. The second-order valence-electron chi connectivity index (χ2n) is 4.15. The first-order valence-electron chi connectivity index (χ1n) is 5.76. The highest BCUT2D eigenvalue weighted by molar-refractivity contribution is 5.52. The van der Waals surface area contributed by atoms with Crippen molar-refractivity contribution in [3.05, 3.63) is 24.0 Å². The Morgan fingerprint density at radius 1 is 1.62 bits per heavy atom. The van der Waals surface area contributed by atoms with E-state index in [0.717, 1.165) is 37.2 Å². The summed E-state index contributed by atoms with van der Waals surface area (Å²) in [7, 11) is 1.78. The topological polar surface area (TPSA) is 51.4 Å². The summed E-state index contributed by atoms with van der Waals surface area (Å²) in [5.41, 5.74) is 8.06. The van der Waals surface area contributed by atoms with Gasteiger partial charge in [-0.1, -0.05) is 0 Å². The predicted octanol–water partition coefficient (Wildman–Crippen LogP) is 1.16. The van der Waals surface area contributed by atoms with Gasteiger partial charge in [0.25, 0.3) is 0 Å². The molecule has 16 heavy (non-hydrogen) atoms. The van der Waals surface area contributed by atoms with Crippen LogP contribution in [0.3, 0.4) is 0 Å². The van der Waals surface area contributed by atoms with E-state index in [0.29, 0.717) is 12.6 Å². The molecule has 2 N–H and O–H groups in total. The van der Waals surface area contributed by atoms with Crippen molar-refractivity contribution < 1.29 is 4.74 Å². The van der Waals surface area contributed by atoms with E-state index in [1.54, 1.807) is 13.3 Å². The number of methoxy groups -OCH3 is 1. The highest BCUT2D eigenvalue weighted by Crippen LogP contribution is 2.23. The van der Waals surface area contributed by atoms with Gasteiger partial charge in [0.15, 0.2) is 0 Å². The normalized spacial score (nSPS) is 21.1. The summed E-state index contributed by atoms with van der Waals surface area (Å²) < 4.78 is 5.42. The van der Waals surface area contributed by atoms with Crippen LogP contribution in [0.4, 0.5) is 5.69 Å². The van der Waals surface area contributed by atoms with E-state index in [1.807, 2.05) is 12.3 Å². The molecule has 1 fully saturated rings. The first-order valence-corrected chi connectivity index (χ1v) is 5.76. The van der Waals surface area contributed by atoms with Crippen molar-refractivity contribution in [3.63, 3.8) is 0 Å². The molecule has 88 valence electrons. The number of piperidine rings is 1. The molecule has 0 saturated carbocycles. The molecule has 2 rings (SSSR count). The fourth-order valence-electron chi connectivity index (χ4n) is 2.22. The predicted molar refractivity (Wildman–Crippen MR) is 64.4 cm³/mol. The van der Waals surface area contributed by atoms with Crippen LogP contribution in [0.15, 0.2) is 18.5 Å². The molecule has 0 bridgehead atoms. The molecular weight excluding hydrogens is 202 g/mol. The highest BCUT2D eigenvalue weighted by Gasteiger charge is 2.21. The van der Waals surface area contributed by atoms with Crippen molar-refractivity contribution in [3.8, 4) is 0 Å². The van der Waals surface area contributed by atoms with Gasteiger partial charge in [-0.15, -0.1) is 0 Å². The molecule has 1 saturated heterocycles. The molecular formula is C12H19N3O. The highest BCUT2D eigenvalue weighted by atomic mass is 16.5. The number of hydrogen-bond donors (Lipinski definition) is 1. The lowest BCUT2D eigenvalue weighted by Gasteiger charge is -2.34. The van der Waals surface area contributed by atoms with Gasteiger partial charge in [0.2, 0.25) is 0 Å². The van der Waals surface area contributed by atoms with E-state index in [2.05, 4.69) is 9.88 Å². The molecule has 0 aromatic carbocycles. The maximum atomic E-state index is 5.74. The summed E-state index contributed by atoms with van der Waals surface area (Å²) in [6.45, 7) is 2.57. The maximum absolute atomic E-state index is 5.74. The number of anilines is 1. The third-order valence-electron chi connectivity index (χ3n) is 3.16. The fraction of sp³-hybridized carbons (Fsp3) is 0.583. The van der Waals surface area contributed by atoms with Crippen molar-refractivity contribution in [2.45, 2.75) is 25.5 Å². The molecule has 1 aliphatic heterocycles. The van der Waals surface area contributed by atoms with Crippen LogP contribution >= 0.6 is 0 Å². The number of rotatable bonds is 3. The SMILES string of the molecule is COC1CCCN(c2cnccc2CN)C1. The smallest absolute Gasteiger partial charge is 0.0746 e.